The third kappa shape index (κ3) is 3.85. The first kappa shape index (κ1) is 14.8. The molecule has 0 heterocycles. The zero-order valence-electron chi connectivity index (χ0n) is 10.7. The van der Waals surface area contributed by atoms with Gasteiger partial charge in [0, 0.05) is 5.56 Å². The molecule has 0 aliphatic rings. The monoisotopic (exact) mass is 268 g/mol. The predicted octanol–water partition coefficient (Wildman–Crippen LogP) is -0.720. The van der Waals surface area contributed by atoms with Crippen LogP contribution in [-0.4, -0.2) is 43.8 Å². The van der Waals surface area contributed by atoms with Gasteiger partial charge >= 0.3 is 0 Å². The minimum Gasteiger partial charge on any atom is -0.493 e. The van der Waals surface area contributed by atoms with Crippen molar-refractivity contribution in [2.75, 3.05) is 20.8 Å². The van der Waals surface area contributed by atoms with E-state index in [1.54, 1.807) is 6.07 Å². The fourth-order valence-corrected chi connectivity index (χ4v) is 1.37. The molecule has 104 valence electrons. The van der Waals surface area contributed by atoms with Crippen molar-refractivity contribution in [2.45, 2.75) is 6.10 Å². The highest BCUT2D eigenvalue weighted by molar-refractivity contribution is 5.95. The quantitative estimate of drug-likeness (QED) is 0.630. The van der Waals surface area contributed by atoms with Crippen LogP contribution in [0, 0.1) is 0 Å². The molecule has 0 saturated heterocycles. The van der Waals surface area contributed by atoms with Gasteiger partial charge in [-0.1, -0.05) is 0 Å². The van der Waals surface area contributed by atoms with Gasteiger partial charge in [-0.15, -0.1) is 0 Å². The van der Waals surface area contributed by atoms with Gasteiger partial charge in [-0.2, -0.15) is 0 Å². The molecule has 1 aromatic carbocycles. The number of carbonyl (C=O) groups is 2. The minimum atomic E-state index is -1.41. The van der Waals surface area contributed by atoms with Crippen LogP contribution in [0.1, 0.15) is 10.4 Å². The highest BCUT2D eigenvalue weighted by Gasteiger charge is 2.14. The number of hydrogen-bond donors (Lipinski definition) is 3. The Balaban J connectivity index is 2.75. The van der Waals surface area contributed by atoms with Crippen molar-refractivity contribution in [3.05, 3.63) is 23.8 Å². The Hall–Kier alpha value is -2.28. The molecule has 19 heavy (non-hydrogen) atoms. The number of aliphatic hydroxyl groups is 1. The molecular weight excluding hydrogens is 252 g/mol. The van der Waals surface area contributed by atoms with Crippen LogP contribution in [0.5, 0.6) is 11.5 Å². The van der Waals surface area contributed by atoms with Gasteiger partial charge in [0.2, 0.25) is 5.91 Å². The summed E-state index contributed by atoms with van der Waals surface area (Å²) >= 11 is 0. The molecule has 1 aromatic rings. The molecule has 0 aromatic heterocycles. The summed E-state index contributed by atoms with van der Waals surface area (Å²) in [5.74, 6) is -0.448. The SMILES string of the molecule is COc1ccc(C(=O)NCC(O)C(N)=O)cc1OC. The Bertz CT molecular complexity index is 475. The lowest BCUT2D eigenvalue weighted by atomic mass is 10.2. The molecule has 0 aliphatic carbocycles. The van der Waals surface area contributed by atoms with Crippen LogP contribution in [-0.2, 0) is 4.79 Å². The molecule has 1 unspecified atom stereocenters. The summed E-state index contributed by atoms with van der Waals surface area (Å²) < 4.78 is 10.1. The van der Waals surface area contributed by atoms with Crippen molar-refractivity contribution in [1.29, 1.82) is 0 Å². The van der Waals surface area contributed by atoms with Gasteiger partial charge in [-0.05, 0) is 18.2 Å². The fourth-order valence-electron chi connectivity index (χ4n) is 1.37. The van der Waals surface area contributed by atoms with Crippen LogP contribution in [0.3, 0.4) is 0 Å². The summed E-state index contributed by atoms with van der Waals surface area (Å²) in [6.07, 6.45) is -1.41. The molecule has 0 radical (unpaired) electrons. The van der Waals surface area contributed by atoms with E-state index in [1.165, 1.54) is 26.4 Å². The predicted molar refractivity (Wildman–Crippen MR) is 67.1 cm³/mol. The largest absolute Gasteiger partial charge is 0.493 e. The number of ether oxygens (including phenoxy) is 2. The molecule has 0 saturated carbocycles. The summed E-state index contributed by atoms with van der Waals surface area (Å²) in [6.45, 7) is -0.248. The molecule has 2 amide bonds. The summed E-state index contributed by atoms with van der Waals surface area (Å²) in [4.78, 5) is 22.4. The molecular formula is C12H16N2O5. The van der Waals surface area contributed by atoms with Crippen molar-refractivity contribution in [3.8, 4) is 11.5 Å². The van der Waals surface area contributed by atoms with Gasteiger partial charge in [0.15, 0.2) is 11.5 Å². The Morgan fingerprint density at radius 3 is 2.47 bits per heavy atom. The molecule has 1 rings (SSSR count). The van der Waals surface area contributed by atoms with E-state index in [9.17, 15) is 14.7 Å². The maximum atomic E-state index is 11.8. The smallest absolute Gasteiger partial charge is 0.251 e. The van der Waals surface area contributed by atoms with E-state index < -0.39 is 17.9 Å². The number of hydrogen-bond acceptors (Lipinski definition) is 5. The number of benzene rings is 1. The Kier molecular flexibility index (Phi) is 5.13. The van der Waals surface area contributed by atoms with E-state index in [0.717, 1.165) is 0 Å². The van der Waals surface area contributed by atoms with E-state index in [0.29, 0.717) is 17.1 Å². The Morgan fingerprint density at radius 1 is 1.32 bits per heavy atom. The topological polar surface area (TPSA) is 111 Å². The second-order valence-electron chi connectivity index (χ2n) is 3.70. The molecule has 0 spiro atoms. The average molecular weight is 268 g/mol. The molecule has 0 fully saturated rings. The van der Waals surface area contributed by atoms with Crippen molar-refractivity contribution >= 4 is 11.8 Å². The molecule has 7 nitrogen and oxygen atoms in total. The van der Waals surface area contributed by atoms with Crippen LogP contribution >= 0.6 is 0 Å². The van der Waals surface area contributed by atoms with Gasteiger partial charge < -0.3 is 25.6 Å². The zero-order chi connectivity index (χ0) is 14.4. The van der Waals surface area contributed by atoms with Crippen LogP contribution < -0.4 is 20.5 Å². The summed E-state index contributed by atoms with van der Waals surface area (Å²) in [6, 6.07) is 4.61. The number of nitrogens with one attached hydrogen (secondary N) is 1. The van der Waals surface area contributed by atoms with Crippen molar-refractivity contribution < 1.29 is 24.2 Å². The zero-order valence-corrected chi connectivity index (χ0v) is 10.7. The third-order valence-corrected chi connectivity index (χ3v) is 2.43. The standard InChI is InChI=1S/C12H16N2O5/c1-18-9-4-3-7(5-10(9)19-2)12(17)14-6-8(15)11(13)16/h3-5,8,15H,6H2,1-2H3,(H2,13,16)(H,14,17). The number of rotatable bonds is 6. The maximum absolute atomic E-state index is 11.8. The molecule has 7 heteroatoms. The first-order valence-electron chi connectivity index (χ1n) is 5.47. The van der Waals surface area contributed by atoms with Gasteiger partial charge in [-0.3, -0.25) is 9.59 Å². The number of carbonyl (C=O) groups excluding carboxylic acids is 2. The fraction of sp³-hybridized carbons (Fsp3) is 0.333. The highest BCUT2D eigenvalue weighted by Crippen LogP contribution is 2.27. The molecule has 1 atom stereocenters. The Labute approximate surface area is 110 Å². The first-order valence-corrected chi connectivity index (χ1v) is 5.47. The molecule has 0 aliphatic heterocycles. The van der Waals surface area contributed by atoms with Crippen LogP contribution in [0.25, 0.3) is 0 Å². The number of primary amides is 1. The summed E-state index contributed by atoms with van der Waals surface area (Å²) in [5.41, 5.74) is 5.18. The van der Waals surface area contributed by atoms with Gasteiger partial charge in [0.25, 0.3) is 5.91 Å². The number of nitrogens with two attached hydrogens (primary N) is 1. The van der Waals surface area contributed by atoms with E-state index in [-0.39, 0.29) is 6.54 Å². The van der Waals surface area contributed by atoms with E-state index >= 15 is 0 Å². The Morgan fingerprint density at radius 2 is 1.95 bits per heavy atom. The number of amides is 2. The highest BCUT2D eigenvalue weighted by atomic mass is 16.5. The van der Waals surface area contributed by atoms with Crippen molar-refractivity contribution in [2.24, 2.45) is 5.73 Å². The third-order valence-electron chi connectivity index (χ3n) is 2.43. The van der Waals surface area contributed by atoms with E-state index in [1.807, 2.05) is 0 Å². The maximum Gasteiger partial charge on any atom is 0.251 e. The van der Waals surface area contributed by atoms with E-state index in [2.05, 4.69) is 5.32 Å². The van der Waals surface area contributed by atoms with Crippen molar-refractivity contribution in [3.63, 3.8) is 0 Å². The second kappa shape index (κ2) is 6.60. The van der Waals surface area contributed by atoms with Crippen LogP contribution in [0.2, 0.25) is 0 Å². The van der Waals surface area contributed by atoms with Gasteiger partial charge in [-0.25, -0.2) is 0 Å². The minimum absolute atomic E-state index is 0.248. The lowest BCUT2D eigenvalue weighted by Crippen LogP contribution is -2.39. The van der Waals surface area contributed by atoms with Gasteiger partial charge in [0.05, 0.1) is 20.8 Å². The summed E-state index contributed by atoms with van der Waals surface area (Å²) in [5, 5.41) is 11.6. The first-order chi connectivity index (χ1) is 8.99. The normalized spacial score (nSPS) is 11.5. The molecule has 4 N–H and O–H groups in total. The number of methoxy groups -OCH3 is 2. The van der Waals surface area contributed by atoms with Crippen LogP contribution in [0.15, 0.2) is 18.2 Å². The lowest BCUT2D eigenvalue weighted by molar-refractivity contribution is -0.125. The van der Waals surface area contributed by atoms with Gasteiger partial charge in [0.1, 0.15) is 6.10 Å². The van der Waals surface area contributed by atoms with E-state index in [4.69, 9.17) is 15.2 Å². The summed E-state index contributed by atoms with van der Waals surface area (Å²) in [7, 11) is 2.94. The molecule has 0 bridgehead atoms. The number of aliphatic hydroxyl groups excluding tert-OH is 1. The van der Waals surface area contributed by atoms with Crippen LogP contribution in [0.4, 0.5) is 0 Å². The lowest BCUT2D eigenvalue weighted by Gasteiger charge is -2.11. The average Bonchev–Trinajstić information content (AvgIpc) is 2.43. The van der Waals surface area contributed by atoms with Crippen molar-refractivity contribution in [1.82, 2.24) is 5.32 Å². The second-order valence-corrected chi connectivity index (χ2v) is 3.70.